The molecule has 1 atom stereocenters. The third-order valence-electron chi connectivity index (χ3n) is 3.60. The average Bonchev–Trinajstić information content (AvgIpc) is 2.29. The fourth-order valence-electron chi connectivity index (χ4n) is 2.00. The highest BCUT2D eigenvalue weighted by atomic mass is 16.5. The molecule has 1 unspecified atom stereocenters. The molecule has 1 aromatic rings. The van der Waals surface area contributed by atoms with Crippen LogP contribution in [0, 0.1) is 11.3 Å². The highest BCUT2D eigenvalue weighted by molar-refractivity contribution is 5.90. The third kappa shape index (κ3) is 2.17. The Bertz CT molecular complexity index is 368. The second-order valence-electron chi connectivity index (χ2n) is 5.05. The number of rotatable bonds is 4. The number of ketones is 1. The lowest BCUT2D eigenvalue weighted by Gasteiger charge is -2.42. The molecule has 0 saturated heterocycles. The largest absolute Gasteiger partial charge is 0.376 e. The number of hydrogen-bond acceptors (Lipinski definition) is 2. The van der Waals surface area contributed by atoms with E-state index in [-0.39, 0.29) is 5.41 Å². The molecule has 2 nitrogen and oxygen atoms in total. The number of benzene rings is 1. The van der Waals surface area contributed by atoms with E-state index in [1.807, 2.05) is 32.0 Å². The summed E-state index contributed by atoms with van der Waals surface area (Å²) in [4.78, 5) is 11.3. The van der Waals surface area contributed by atoms with Crippen molar-refractivity contribution in [2.75, 3.05) is 6.61 Å². The van der Waals surface area contributed by atoms with Crippen LogP contribution in [0.1, 0.15) is 25.8 Å². The Morgan fingerprint density at radius 1 is 1.31 bits per heavy atom. The van der Waals surface area contributed by atoms with E-state index in [0.29, 0.717) is 31.3 Å². The highest BCUT2D eigenvalue weighted by Crippen LogP contribution is 2.42. The van der Waals surface area contributed by atoms with E-state index in [2.05, 4.69) is 12.1 Å². The summed E-state index contributed by atoms with van der Waals surface area (Å²) in [7, 11) is 0. The number of ether oxygens (including phenoxy) is 1. The van der Waals surface area contributed by atoms with Crippen molar-refractivity contribution in [1.29, 1.82) is 0 Å². The number of Topliss-reactive ketones (excluding diaryl/α,β-unsaturated/α-hetero) is 1. The Labute approximate surface area is 96.6 Å². The normalized spacial score (nSPS) is 22.9. The maximum atomic E-state index is 11.3. The average molecular weight is 218 g/mol. The topological polar surface area (TPSA) is 26.3 Å². The van der Waals surface area contributed by atoms with Gasteiger partial charge < -0.3 is 4.74 Å². The standard InChI is InChI=1S/C14H18O2/c1-14(2)12(8-13(14)15)10-16-9-11-6-4-3-5-7-11/h3-7,12H,8-10H2,1-2H3. The lowest BCUT2D eigenvalue weighted by Crippen LogP contribution is -2.47. The van der Waals surface area contributed by atoms with Gasteiger partial charge in [0.2, 0.25) is 0 Å². The van der Waals surface area contributed by atoms with E-state index >= 15 is 0 Å². The molecule has 0 radical (unpaired) electrons. The maximum Gasteiger partial charge on any atom is 0.139 e. The monoisotopic (exact) mass is 218 g/mol. The summed E-state index contributed by atoms with van der Waals surface area (Å²) in [6.07, 6.45) is 0.682. The number of carbonyl (C=O) groups excluding carboxylic acids is 1. The van der Waals surface area contributed by atoms with Crippen molar-refractivity contribution < 1.29 is 9.53 Å². The van der Waals surface area contributed by atoms with Crippen molar-refractivity contribution in [3.63, 3.8) is 0 Å². The van der Waals surface area contributed by atoms with Gasteiger partial charge in [0.05, 0.1) is 13.2 Å². The fourth-order valence-corrected chi connectivity index (χ4v) is 2.00. The molecule has 86 valence electrons. The van der Waals surface area contributed by atoms with E-state index in [1.165, 1.54) is 5.56 Å². The summed E-state index contributed by atoms with van der Waals surface area (Å²) < 4.78 is 5.66. The molecule has 1 aliphatic carbocycles. The minimum Gasteiger partial charge on any atom is -0.376 e. The molecule has 2 rings (SSSR count). The van der Waals surface area contributed by atoms with Crippen LogP contribution in [0.15, 0.2) is 30.3 Å². The van der Waals surface area contributed by atoms with E-state index in [1.54, 1.807) is 0 Å². The van der Waals surface area contributed by atoms with E-state index in [9.17, 15) is 4.79 Å². The van der Waals surface area contributed by atoms with Crippen LogP contribution < -0.4 is 0 Å². The Morgan fingerprint density at radius 2 is 2.00 bits per heavy atom. The SMILES string of the molecule is CC1(C)C(=O)CC1COCc1ccccc1. The maximum absolute atomic E-state index is 11.3. The Hall–Kier alpha value is -1.15. The third-order valence-corrected chi connectivity index (χ3v) is 3.60. The van der Waals surface area contributed by atoms with Crippen LogP contribution in [0.3, 0.4) is 0 Å². The summed E-state index contributed by atoms with van der Waals surface area (Å²) in [6.45, 7) is 5.35. The molecule has 1 saturated carbocycles. The van der Waals surface area contributed by atoms with E-state index in [0.717, 1.165) is 0 Å². The first-order valence-electron chi connectivity index (χ1n) is 5.75. The minimum absolute atomic E-state index is 0.170. The van der Waals surface area contributed by atoms with Gasteiger partial charge in [-0.15, -0.1) is 0 Å². The number of hydrogen-bond donors (Lipinski definition) is 0. The molecule has 16 heavy (non-hydrogen) atoms. The zero-order valence-corrected chi connectivity index (χ0v) is 9.90. The van der Waals surface area contributed by atoms with Crippen LogP contribution in [0.25, 0.3) is 0 Å². The van der Waals surface area contributed by atoms with Gasteiger partial charge in [-0.1, -0.05) is 44.2 Å². The zero-order chi connectivity index (χ0) is 11.6. The molecule has 0 bridgehead atoms. The van der Waals surface area contributed by atoms with Gasteiger partial charge in [-0.25, -0.2) is 0 Å². The summed E-state index contributed by atoms with van der Waals surface area (Å²) in [6, 6.07) is 10.1. The van der Waals surface area contributed by atoms with Crippen LogP contribution in [-0.2, 0) is 16.1 Å². The molecule has 0 aromatic heterocycles. The lowest BCUT2D eigenvalue weighted by atomic mass is 9.62. The Kier molecular flexibility index (Phi) is 3.10. The van der Waals surface area contributed by atoms with Crippen LogP contribution in [0.4, 0.5) is 0 Å². The molecule has 0 amide bonds. The highest BCUT2D eigenvalue weighted by Gasteiger charge is 2.46. The van der Waals surface area contributed by atoms with E-state index in [4.69, 9.17) is 4.74 Å². The first-order valence-corrected chi connectivity index (χ1v) is 5.75. The summed E-state index contributed by atoms with van der Waals surface area (Å²) in [5.74, 6) is 0.754. The van der Waals surface area contributed by atoms with Crippen molar-refractivity contribution in [1.82, 2.24) is 0 Å². The summed E-state index contributed by atoms with van der Waals surface area (Å²) in [5.41, 5.74) is 1.02. The molecule has 2 heteroatoms. The van der Waals surface area contributed by atoms with Gasteiger partial charge in [-0.3, -0.25) is 4.79 Å². The lowest BCUT2D eigenvalue weighted by molar-refractivity contribution is -0.146. The molecule has 1 fully saturated rings. The van der Waals surface area contributed by atoms with Gasteiger partial charge in [0, 0.05) is 17.8 Å². The van der Waals surface area contributed by atoms with Gasteiger partial charge in [0.1, 0.15) is 5.78 Å². The smallest absolute Gasteiger partial charge is 0.139 e. The zero-order valence-electron chi connectivity index (χ0n) is 9.90. The van der Waals surface area contributed by atoms with Crippen molar-refractivity contribution in [2.45, 2.75) is 26.9 Å². The summed E-state index contributed by atoms with van der Waals surface area (Å²) >= 11 is 0. The first-order chi connectivity index (χ1) is 7.60. The summed E-state index contributed by atoms with van der Waals surface area (Å²) in [5, 5.41) is 0. The van der Waals surface area contributed by atoms with E-state index < -0.39 is 0 Å². The van der Waals surface area contributed by atoms with Crippen molar-refractivity contribution in [3.8, 4) is 0 Å². The minimum atomic E-state index is -0.170. The van der Waals surface area contributed by atoms with Gasteiger partial charge in [-0.2, -0.15) is 0 Å². The predicted octanol–water partition coefficient (Wildman–Crippen LogP) is 2.82. The van der Waals surface area contributed by atoms with Gasteiger partial charge in [-0.05, 0) is 5.56 Å². The Balaban J connectivity index is 1.76. The molecular formula is C14H18O2. The predicted molar refractivity (Wildman–Crippen MR) is 63.0 cm³/mol. The number of carbonyl (C=O) groups is 1. The first kappa shape index (κ1) is 11.3. The Morgan fingerprint density at radius 3 is 2.56 bits per heavy atom. The van der Waals surface area contributed by atoms with Gasteiger partial charge in [0.15, 0.2) is 0 Å². The van der Waals surface area contributed by atoms with Gasteiger partial charge in [0.25, 0.3) is 0 Å². The molecule has 1 aliphatic rings. The van der Waals surface area contributed by atoms with Crippen LogP contribution in [0.2, 0.25) is 0 Å². The fraction of sp³-hybridized carbons (Fsp3) is 0.500. The molecule has 0 aliphatic heterocycles. The van der Waals surface area contributed by atoms with Gasteiger partial charge >= 0.3 is 0 Å². The molecule has 1 aromatic carbocycles. The van der Waals surface area contributed by atoms with Crippen molar-refractivity contribution in [3.05, 3.63) is 35.9 Å². The van der Waals surface area contributed by atoms with Crippen LogP contribution >= 0.6 is 0 Å². The van der Waals surface area contributed by atoms with Crippen LogP contribution in [0.5, 0.6) is 0 Å². The second kappa shape index (κ2) is 4.38. The van der Waals surface area contributed by atoms with Crippen molar-refractivity contribution >= 4 is 5.78 Å². The molecule has 0 heterocycles. The molecule has 0 N–H and O–H groups in total. The molecule has 0 spiro atoms. The van der Waals surface area contributed by atoms with Crippen molar-refractivity contribution in [2.24, 2.45) is 11.3 Å². The molecular weight excluding hydrogens is 200 g/mol. The second-order valence-corrected chi connectivity index (χ2v) is 5.05. The quantitative estimate of drug-likeness (QED) is 0.776. The van der Waals surface area contributed by atoms with Crippen LogP contribution in [-0.4, -0.2) is 12.4 Å².